The molecule has 1 aliphatic heterocycles. The van der Waals surface area contributed by atoms with Gasteiger partial charge in [0.2, 0.25) is 0 Å². The summed E-state index contributed by atoms with van der Waals surface area (Å²) in [5.74, 6) is 0. The molecule has 5 heteroatoms. The first kappa shape index (κ1) is 14.5. The van der Waals surface area contributed by atoms with Gasteiger partial charge in [0.1, 0.15) is 0 Å². The van der Waals surface area contributed by atoms with Crippen molar-refractivity contribution in [3.63, 3.8) is 0 Å². The predicted octanol–water partition coefficient (Wildman–Crippen LogP) is 2.54. The minimum absolute atomic E-state index is 0.369. The number of nitrogens with zero attached hydrogens (tertiary/aromatic N) is 2. The zero-order valence-electron chi connectivity index (χ0n) is 11.1. The molecule has 3 nitrogen and oxygen atoms in total. The number of thiophene rings is 1. The second kappa shape index (κ2) is 6.48. The Morgan fingerprint density at radius 1 is 1.28 bits per heavy atom. The third kappa shape index (κ3) is 3.14. The molecule has 1 unspecified atom stereocenters. The maximum absolute atomic E-state index is 5.99. The lowest BCUT2D eigenvalue weighted by Crippen LogP contribution is -2.50. The number of hydrogen-bond acceptors (Lipinski definition) is 4. The summed E-state index contributed by atoms with van der Waals surface area (Å²) in [4.78, 5) is 6.43. The monoisotopic (exact) mass is 331 g/mol. The molecular weight excluding hydrogens is 310 g/mol. The van der Waals surface area contributed by atoms with Crippen LogP contribution in [0.5, 0.6) is 0 Å². The molecule has 102 valence electrons. The molecule has 1 aromatic rings. The van der Waals surface area contributed by atoms with Crippen LogP contribution in [0.4, 0.5) is 0 Å². The molecule has 1 aliphatic rings. The molecule has 2 N–H and O–H groups in total. The van der Waals surface area contributed by atoms with Crippen LogP contribution < -0.4 is 5.73 Å². The Morgan fingerprint density at radius 2 is 1.89 bits per heavy atom. The molecule has 18 heavy (non-hydrogen) atoms. The zero-order chi connectivity index (χ0) is 13.1. The fourth-order valence-corrected chi connectivity index (χ4v) is 4.32. The summed E-state index contributed by atoms with van der Waals surface area (Å²) >= 11 is 5.43. The standard InChI is InChI=1S/C13H22BrN3S/c1-10(2)16-4-6-17(7-5-16)12(9-15)13-11(14)3-8-18-13/h3,8,10,12H,4-7,9,15H2,1-2H3. The lowest BCUT2D eigenvalue weighted by atomic mass is 10.1. The Balaban J connectivity index is 2.01. The van der Waals surface area contributed by atoms with Crippen molar-refractivity contribution in [3.8, 4) is 0 Å². The van der Waals surface area contributed by atoms with Crippen LogP contribution in [0.1, 0.15) is 24.8 Å². The molecule has 2 rings (SSSR count). The average Bonchev–Trinajstić information content (AvgIpc) is 2.78. The number of halogens is 1. The first-order valence-electron chi connectivity index (χ1n) is 6.54. The van der Waals surface area contributed by atoms with Crippen molar-refractivity contribution in [2.75, 3.05) is 32.7 Å². The number of nitrogens with two attached hydrogens (primary N) is 1. The normalized spacial score (nSPS) is 20.5. The van der Waals surface area contributed by atoms with E-state index < -0.39 is 0 Å². The van der Waals surface area contributed by atoms with Gasteiger partial charge in [0, 0.05) is 48.1 Å². The largest absolute Gasteiger partial charge is 0.329 e. The molecular formula is C13H22BrN3S. The highest BCUT2D eigenvalue weighted by Crippen LogP contribution is 2.32. The van der Waals surface area contributed by atoms with E-state index in [2.05, 4.69) is 51.0 Å². The van der Waals surface area contributed by atoms with Crippen molar-refractivity contribution in [2.24, 2.45) is 5.73 Å². The fraction of sp³-hybridized carbons (Fsp3) is 0.692. The van der Waals surface area contributed by atoms with Gasteiger partial charge >= 0.3 is 0 Å². The summed E-state index contributed by atoms with van der Waals surface area (Å²) in [7, 11) is 0. The molecule has 1 atom stereocenters. The topological polar surface area (TPSA) is 32.5 Å². The van der Waals surface area contributed by atoms with Crippen LogP contribution in [-0.2, 0) is 0 Å². The Kier molecular flexibility index (Phi) is 5.21. The Labute approximate surface area is 122 Å². The summed E-state index contributed by atoms with van der Waals surface area (Å²) in [5.41, 5.74) is 5.99. The Hall–Kier alpha value is 0.0600. The van der Waals surface area contributed by atoms with Gasteiger partial charge in [-0.05, 0) is 41.2 Å². The molecule has 1 fully saturated rings. The van der Waals surface area contributed by atoms with Crippen molar-refractivity contribution in [2.45, 2.75) is 25.9 Å². The van der Waals surface area contributed by atoms with Crippen molar-refractivity contribution >= 4 is 27.3 Å². The molecule has 0 radical (unpaired) electrons. The van der Waals surface area contributed by atoms with Gasteiger partial charge in [0.15, 0.2) is 0 Å². The van der Waals surface area contributed by atoms with Gasteiger partial charge in [-0.25, -0.2) is 0 Å². The van der Waals surface area contributed by atoms with Crippen LogP contribution in [0, 0.1) is 0 Å². The lowest BCUT2D eigenvalue weighted by molar-refractivity contribution is 0.0811. The molecule has 0 aromatic carbocycles. The highest BCUT2D eigenvalue weighted by Gasteiger charge is 2.26. The third-order valence-corrected chi connectivity index (χ3v) is 5.66. The van der Waals surface area contributed by atoms with E-state index in [1.165, 1.54) is 9.35 Å². The van der Waals surface area contributed by atoms with Crippen molar-refractivity contribution in [1.82, 2.24) is 9.80 Å². The molecule has 1 saturated heterocycles. The van der Waals surface area contributed by atoms with Gasteiger partial charge in [-0.15, -0.1) is 11.3 Å². The van der Waals surface area contributed by atoms with Crippen molar-refractivity contribution in [1.29, 1.82) is 0 Å². The van der Waals surface area contributed by atoms with E-state index in [-0.39, 0.29) is 0 Å². The molecule has 0 spiro atoms. The van der Waals surface area contributed by atoms with E-state index in [1.54, 1.807) is 11.3 Å². The summed E-state index contributed by atoms with van der Waals surface area (Å²) in [5, 5.41) is 2.13. The SMILES string of the molecule is CC(C)N1CCN(C(CN)c2sccc2Br)CC1. The van der Waals surface area contributed by atoms with Crippen molar-refractivity contribution < 1.29 is 0 Å². The molecule has 1 aromatic heterocycles. The van der Waals surface area contributed by atoms with Crippen LogP contribution >= 0.6 is 27.3 Å². The predicted molar refractivity (Wildman–Crippen MR) is 82.1 cm³/mol. The number of rotatable bonds is 4. The van der Waals surface area contributed by atoms with Gasteiger partial charge in [-0.1, -0.05) is 0 Å². The maximum Gasteiger partial charge on any atom is 0.0576 e. The average molecular weight is 332 g/mol. The van der Waals surface area contributed by atoms with E-state index >= 15 is 0 Å². The number of hydrogen-bond donors (Lipinski definition) is 1. The van der Waals surface area contributed by atoms with E-state index in [9.17, 15) is 0 Å². The van der Waals surface area contributed by atoms with Crippen LogP contribution in [0.3, 0.4) is 0 Å². The second-order valence-electron chi connectivity index (χ2n) is 5.05. The van der Waals surface area contributed by atoms with Crippen LogP contribution in [0.15, 0.2) is 15.9 Å². The molecule has 0 saturated carbocycles. The second-order valence-corrected chi connectivity index (χ2v) is 6.85. The van der Waals surface area contributed by atoms with Crippen LogP contribution in [0.25, 0.3) is 0 Å². The van der Waals surface area contributed by atoms with E-state index in [4.69, 9.17) is 5.73 Å². The minimum atomic E-state index is 0.369. The molecule has 0 bridgehead atoms. The van der Waals surface area contributed by atoms with E-state index in [0.717, 1.165) is 26.2 Å². The zero-order valence-corrected chi connectivity index (χ0v) is 13.5. The van der Waals surface area contributed by atoms with E-state index in [0.29, 0.717) is 18.6 Å². The van der Waals surface area contributed by atoms with Gasteiger partial charge in [-0.2, -0.15) is 0 Å². The summed E-state index contributed by atoms with van der Waals surface area (Å²) in [6.45, 7) is 9.77. The van der Waals surface area contributed by atoms with Gasteiger partial charge in [0.05, 0.1) is 6.04 Å². The summed E-state index contributed by atoms with van der Waals surface area (Å²) in [6.07, 6.45) is 0. The summed E-state index contributed by atoms with van der Waals surface area (Å²) < 4.78 is 1.20. The quantitative estimate of drug-likeness (QED) is 0.920. The van der Waals surface area contributed by atoms with Gasteiger partial charge in [0.25, 0.3) is 0 Å². The minimum Gasteiger partial charge on any atom is -0.329 e. The van der Waals surface area contributed by atoms with Gasteiger partial charge in [-0.3, -0.25) is 9.80 Å². The smallest absolute Gasteiger partial charge is 0.0576 e. The van der Waals surface area contributed by atoms with Crippen LogP contribution in [0.2, 0.25) is 0 Å². The highest BCUT2D eigenvalue weighted by molar-refractivity contribution is 9.10. The maximum atomic E-state index is 5.99. The molecule has 0 aliphatic carbocycles. The summed E-state index contributed by atoms with van der Waals surface area (Å²) in [6, 6.07) is 3.14. The molecule has 2 heterocycles. The van der Waals surface area contributed by atoms with Crippen LogP contribution in [-0.4, -0.2) is 48.6 Å². The van der Waals surface area contributed by atoms with Crippen molar-refractivity contribution in [3.05, 3.63) is 20.8 Å². The highest BCUT2D eigenvalue weighted by atomic mass is 79.9. The fourth-order valence-electron chi connectivity index (χ4n) is 2.53. The van der Waals surface area contributed by atoms with Gasteiger partial charge < -0.3 is 5.73 Å². The third-order valence-electron chi connectivity index (χ3n) is 3.69. The lowest BCUT2D eigenvalue weighted by Gasteiger charge is -2.40. The molecule has 0 amide bonds. The number of piperazine rings is 1. The first-order valence-corrected chi connectivity index (χ1v) is 8.21. The first-order chi connectivity index (χ1) is 8.63. The Bertz CT molecular complexity index is 372. The van der Waals surface area contributed by atoms with E-state index in [1.807, 2.05) is 0 Å². The Morgan fingerprint density at radius 3 is 2.33 bits per heavy atom.